The van der Waals surface area contributed by atoms with E-state index < -0.39 is 11.9 Å². The van der Waals surface area contributed by atoms with Crippen molar-refractivity contribution in [3.05, 3.63) is 34.1 Å². The summed E-state index contributed by atoms with van der Waals surface area (Å²) in [7, 11) is 0. The number of benzene rings is 1. The van der Waals surface area contributed by atoms with Crippen LogP contribution in [-0.4, -0.2) is 6.54 Å². The largest absolute Gasteiger partial charge is 0.329 e. The Morgan fingerprint density at radius 3 is 2.57 bits per heavy atom. The molecular formula is C9H13Cl2FN2. The summed E-state index contributed by atoms with van der Waals surface area (Å²) in [5.74, 6) is -0.395. The van der Waals surface area contributed by atoms with Gasteiger partial charge in [0.05, 0.1) is 5.02 Å². The molecular weight excluding hydrogens is 226 g/mol. The molecule has 0 spiro atoms. The molecule has 1 aromatic rings. The fourth-order valence-electron chi connectivity index (χ4n) is 1.14. The topological polar surface area (TPSA) is 52.0 Å². The average molecular weight is 239 g/mol. The minimum absolute atomic E-state index is 0. The highest BCUT2D eigenvalue weighted by Gasteiger charge is 2.15. The lowest BCUT2D eigenvalue weighted by molar-refractivity contribution is 0.583. The van der Waals surface area contributed by atoms with Crippen LogP contribution in [0.1, 0.15) is 17.2 Å². The Kier molecular flexibility index (Phi) is 5.37. The third-order valence-electron chi connectivity index (χ3n) is 1.94. The molecule has 0 radical (unpaired) electrons. The number of halogens is 3. The molecule has 14 heavy (non-hydrogen) atoms. The molecule has 0 saturated heterocycles. The molecule has 80 valence electrons. The van der Waals surface area contributed by atoms with E-state index in [1.54, 1.807) is 13.0 Å². The predicted octanol–water partition coefficient (Wildman–Crippen LogP) is 2.17. The van der Waals surface area contributed by atoms with Crippen molar-refractivity contribution >= 4 is 24.0 Å². The molecule has 4 N–H and O–H groups in total. The molecule has 0 fully saturated rings. The highest BCUT2D eigenvalue weighted by molar-refractivity contribution is 6.32. The Labute approximate surface area is 93.8 Å². The van der Waals surface area contributed by atoms with Gasteiger partial charge in [-0.2, -0.15) is 0 Å². The molecule has 0 aliphatic carbocycles. The molecule has 1 aromatic carbocycles. The Bertz CT molecular complexity index is 318. The van der Waals surface area contributed by atoms with Gasteiger partial charge < -0.3 is 11.5 Å². The molecule has 0 aromatic heterocycles. The lowest BCUT2D eigenvalue weighted by Gasteiger charge is -2.13. The summed E-state index contributed by atoms with van der Waals surface area (Å²) in [4.78, 5) is 0. The molecule has 0 amide bonds. The van der Waals surface area contributed by atoms with Gasteiger partial charge in [0.25, 0.3) is 0 Å². The number of hydrogen-bond acceptors (Lipinski definition) is 2. The summed E-state index contributed by atoms with van der Waals surface area (Å²) in [5.41, 5.74) is 12.1. The molecule has 0 aliphatic heterocycles. The van der Waals surface area contributed by atoms with Crippen molar-refractivity contribution in [1.29, 1.82) is 0 Å². The molecule has 5 heteroatoms. The molecule has 0 bridgehead atoms. The van der Waals surface area contributed by atoms with Crippen LogP contribution in [0.2, 0.25) is 5.02 Å². The van der Waals surface area contributed by atoms with E-state index in [0.29, 0.717) is 10.6 Å². The third-order valence-corrected chi connectivity index (χ3v) is 2.45. The van der Waals surface area contributed by atoms with E-state index in [1.165, 1.54) is 6.07 Å². The standard InChI is InChI=1S/C9H12ClFN2.ClH/c1-5-2-3-6(11)8(9(5)10)7(13)4-12;/h2-3,7H,4,12-13H2,1H3;1H/t7-;/m1./s1. The fraction of sp³-hybridized carbons (Fsp3) is 0.333. The van der Waals surface area contributed by atoms with Gasteiger partial charge in [-0.15, -0.1) is 12.4 Å². The summed E-state index contributed by atoms with van der Waals surface area (Å²) < 4.78 is 13.2. The van der Waals surface area contributed by atoms with Crippen molar-refractivity contribution in [3.8, 4) is 0 Å². The van der Waals surface area contributed by atoms with E-state index in [1.807, 2.05) is 0 Å². The van der Waals surface area contributed by atoms with E-state index in [-0.39, 0.29) is 19.0 Å². The molecule has 1 rings (SSSR count). The maximum absolute atomic E-state index is 13.2. The number of nitrogens with two attached hydrogens (primary N) is 2. The maximum Gasteiger partial charge on any atom is 0.129 e. The van der Waals surface area contributed by atoms with Crippen LogP contribution in [0.5, 0.6) is 0 Å². The van der Waals surface area contributed by atoms with Crippen LogP contribution in [0.15, 0.2) is 12.1 Å². The van der Waals surface area contributed by atoms with Crippen molar-refractivity contribution in [2.75, 3.05) is 6.54 Å². The van der Waals surface area contributed by atoms with Crippen LogP contribution in [0.4, 0.5) is 4.39 Å². The summed E-state index contributed by atoms with van der Waals surface area (Å²) in [6.45, 7) is 1.98. The Balaban J connectivity index is 0.00000169. The molecule has 0 aliphatic rings. The van der Waals surface area contributed by atoms with Crippen LogP contribution in [-0.2, 0) is 0 Å². The molecule has 0 saturated carbocycles. The third kappa shape index (κ3) is 2.58. The highest BCUT2D eigenvalue weighted by atomic mass is 35.5. The number of aryl methyl sites for hydroxylation is 1. The Morgan fingerprint density at radius 1 is 1.50 bits per heavy atom. The zero-order chi connectivity index (χ0) is 10.0. The first kappa shape index (κ1) is 13.7. The van der Waals surface area contributed by atoms with Gasteiger partial charge in [-0.3, -0.25) is 0 Å². The van der Waals surface area contributed by atoms with Crippen molar-refractivity contribution in [3.63, 3.8) is 0 Å². The van der Waals surface area contributed by atoms with Crippen molar-refractivity contribution in [2.24, 2.45) is 11.5 Å². The summed E-state index contributed by atoms with van der Waals surface area (Å²) in [5, 5.41) is 0.373. The van der Waals surface area contributed by atoms with Gasteiger partial charge in [-0.1, -0.05) is 17.7 Å². The van der Waals surface area contributed by atoms with Gasteiger partial charge in [-0.05, 0) is 18.6 Å². The minimum Gasteiger partial charge on any atom is -0.329 e. The van der Waals surface area contributed by atoms with Gasteiger partial charge >= 0.3 is 0 Å². The number of hydrogen-bond donors (Lipinski definition) is 2. The maximum atomic E-state index is 13.2. The first-order chi connectivity index (χ1) is 6.07. The molecule has 1 atom stereocenters. The predicted molar refractivity (Wildman–Crippen MR) is 59.4 cm³/mol. The van der Waals surface area contributed by atoms with E-state index in [9.17, 15) is 4.39 Å². The second-order valence-electron chi connectivity index (χ2n) is 2.93. The van der Waals surface area contributed by atoms with E-state index in [2.05, 4.69) is 0 Å². The summed E-state index contributed by atoms with van der Waals surface area (Å²) in [6, 6.07) is 2.43. The van der Waals surface area contributed by atoms with Crippen molar-refractivity contribution in [2.45, 2.75) is 13.0 Å². The van der Waals surface area contributed by atoms with Crippen LogP contribution in [0.25, 0.3) is 0 Å². The fourth-order valence-corrected chi connectivity index (χ4v) is 1.43. The van der Waals surface area contributed by atoms with E-state index in [0.717, 1.165) is 5.56 Å². The van der Waals surface area contributed by atoms with Gasteiger partial charge in [0.1, 0.15) is 5.82 Å². The SMILES string of the molecule is Cc1ccc(F)c([C@H](N)CN)c1Cl.Cl. The second-order valence-corrected chi connectivity index (χ2v) is 3.31. The van der Waals surface area contributed by atoms with Gasteiger partial charge in [0, 0.05) is 18.2 Å². The molecule has 0 heterocycles. The average Bonchev–Trinajstić information content (AvgIpc) is 2.12. The first-order valence-electron chi connectivity index (χ1n) is 3.98. The van der Waals surface area contributed by atoms with Gasteiger partial charge in [0.2, 0.25) is 0 Å². The second kappa shape index (κ2) is 5.51. The summed E-state index contributed by atoms with van der Waals surface area (Å²) >= 11 is 5.90. The van der Waals surface area contributed by atoms with Crippen LogP contribution < -0.4 is 11.5 Å². The first-order valence-corrected chi connectivity index (χ1v) is 4.36. The number of rotatable bonds is 2. The normalized spacial score (nSPS) is 12.1. The quantitative estimate of drug-likeness (QED) is 0.830. The zero-order valence-electron chi connectivity index (χ0n) is 7.76. The lowest BCUT2D eigenvalue weighted by Crippen LogP contribution is -2.22. The monoisotopic (exact) mass is 238 g/mol. The Hall–Kier alpha value is -0.350. The summed E-state index contributed by atoms with van der Waals surface area (Å²) in [6.07, 6.45) is 0. The van der Waals surface area contributed by atoms with Crippen LogP contribution in [0, 0.1) is 12.7 Å². The highest BCUT2D eigenvalue weighted by Crippen LogP contribution is 2.27. The van der Waals surface area contributed by atoms with E-state index >= 15 is 0 Å². The zero-order valence-corrected chi connectivity index (χ0v) is 9.33. The van der Waals surface area contributed by atoms with Crippen LogP contribution >= 0.6 is 24.0 Å². The molecule has 2 nitrogen and oxygen atoms in total. The lowest BCUT2D eigenvalue weighted by atomic mass is 10.0. The van der Waals surface area contributed by atoms with Gasteiger partial charge in [-0.25, -0.2) is 4.39 Å². The Morgan fingerprint density at radius 2 is 2.07 bits per heavy atom. The minimum atomic E-state index is -0.535. The van der Waals surface area contributed by atoms with E-state index in [4.69, 9.17) is 23.1 Å². The molecule has 0 unspecified atom stereocenters. The van der Waals surface area contributed by atoms with Gasteiger partial charge in [0.15, 0.2) is 0 Å². The smallest absolute Gasteiger partial charge is 0.129 e. The van der Waals surface area contributed by atoms with Crippen molar-refractivity contribution in [1.82, 2.24) is 0 Å². The van der Waals surface area contributed by atoms with Crippen molar-refractivity contribution < 1.29 is 4.39 Å². The van der Waals surface area contributed by atoms with Crippen LogP contribution in [0.3, 0.4) is 0 Å².